The highest BCUT2D eigenvalue weighted by Gasteiger charge is 2.33. The summed E-state index contributed by atoms with van der Waals surface area (Å²) in [6.45, 7) is 4.90. The Labute approximate surface area is 133 Å². The van der Waals surface area contributed by atoms with Gasteiger partial charge in [-0.25, -0.2) is 0 Å². The second-order valence-corrected chi connectivity index (χ2v) is 6.80. The predicted molar refractivity (Wildman–Crippen MR) is 85.2 cm³/mol. The normalized spacial score (nSPS) is 15.5. The van der Waals surface area contributed by atoms with E-state index in [1.54, 1.807) is 6.07 Å². The zero-order valence-corrected chi connectivity index (χ0v) is 13.7. The van der Waals surface area contributed by atoms with E-state index in [1.807, 2.05) is 0 Å². The summed E-state index contributed by atoms with van der Waals surface area (Å²) in [6.07, 6.45) is 2.34. The molecule has 1 aliphatic rings. The van der Waals surface area contributed by atoms with Gasteiger partial charge in [-0.3, -0.25) is 0 Å². The second kappa shape index (κ2) is 5.42. The maximum Gasteiger partial charge on any atom is 0.154 e. The fraction of sp³-hybridized carbons (Fsp3) is 0.467. The molecule has 1 aliphatic carbocycles. The number of furan rings is 1. The highest BCUT2D eigenvalue weighted by molar-refractivity contribution is 6.47. The topological polar surface area (TPSA) is 25.2 Å². The van der Waals surface area contributed by atoms with Crippen LogP contribution in [0.2, 0.25) is 15.1 Å². The molecule has 1 aromatic carbocycles. The van der Waals surface area contributed by atoms with E-state index < -0.39 is 0 Å². The van der Waals surface area contributed by atoms with Crippen molar-refractivity contribution in [3.05, 3.63) is 32.5 Å². The van der Waals surface area contributed by atoms with Gasteiger partial charge in [0.2, 0.25) is 0 Å². The molecule has 2 nitrogen and oxygen atoms in total. The molecule has 20 heavy (non-hydrogen) atoms. The monoisotopic (exact) mass is 331 g/mol. The summed E-state index contributed by atoms with van der Waals surface area (Å²) in [6, 6.07) is 2.04. The summed E-state index contributed by atoms with van der Waals surface area (Å²) >= 11 is 18.8. The first-order chi connectivity index (χ1) is 9.49. The Morgan fingerprint density at radius 2 is 1.95 bits per heavy atom. The van der Waals surface area contributed by atoms with Gasteiger partial charge in [0.05, 0.1) is 21.6 Å². The van der Waals surface area contributed by atoms with E-state index in [0.717, 1.165) is 11.1 Å². The van der Waals surface area contributed by atoms with Crippen LogP contribution in [0.1, 0.15) is 43.9 Å². The van der Waals surface area contributed by atoms with Crippen LogP contribution in [0.3, 0.4) is 0 Å². The van der Waals surface area contributed by atoms with Crippen molar-refractivity contribution in [1.82, 2.24) is 5.32 Å². The molecule has 108 valence electrons. The fourth-order valence-corrected chi connectivity index (χ4v) is 3.21. The van der Waals surface area contributed by atoms with Crippen LogP contribution in [-0.4, -0.2) is 6.04 Å². The molecule has 1 heterocycles. The zero-order valence-electron chi connectivity index (χ0n) is 11.4. The van der Waals surface area contributed by atoms with Gasteiger partial charge in [-0.2, -0.15) is 0 Å². The number of halogens is 3. The number of fused-ring (bicyclic) bond motifs is 1. The molecule has 2 aromatic rings. The van der Waals surface area contributed by atoms with Gasteiger partial charge in [-0.1, -0.05) is 48.7 Å². The van der Waals surface area contributed by atoms with Crippen LogP contribution >= 0.6 is 34.8 Å². The molecule has 1 aromatic heterocycles. The third-order valence-corrected chi connectivity index (χ3v) is 4.65. The number of benzene rings is 1. The Bertz CT molecular complexity index is 659. The Kier molecular flexibility index (Phi) is 3.93. The lowest BCUT2D eigenvalue weighted by Crippen LogP contribution is -2.22. The van der Waals surface area contributed by atoms with Gasteiger partial charge in [0, 0.05) is 17.0 Å². The summed E-state index contributed by atoms with van der Waals surface area (Å²) < 4.78 is 5.98. The lowest BCUT2D eigenvalue weighted by Gasteiger charge is -2.07. The maximum atomic E-state index is 6.38. The van der Waals surface area contributed by atoms with Crippen LogP contribution in [0.15, 0.2) is 10.5 Å². The van der Waals surface area contributed by atoms with Crippen LogP contribution in [0, 0.1) is 0 Å². The highest BCUT2D eigenvalue weighted by atomic mass is 35.5. The van der Waals surface area contributed by atoms with Crippen molar-refractivity contribution in [3.8, 4) is 0 Å². The van der Waals surface area contributed by atoms with Crippen molar-refractivity contribution in [2.24, 2.45) is 0 Å². The molecular weight excluding hydrogens is 317 g/mol. The van der Waals surface area contributed by atoms with Crippen LogP contribution < -0.4 is 5.32 Å². The molecule has 0 aliphatic heterocycles. The standard InChI is InChI=1S/C15H16Cl3NO/c1-7(2)19-6-11-12(8-3-4-8)13-14(18)9(16)5-10(17)15(13)20-11/h5,7-8,19H,3-4,6H2,1-2H3. The van der Waals surface area contributed by atoms with Crippen LogP contribution in [0.25, 0.3) is 11.0 Å². The first kappa shape index (κ1) is 14.5. The van der Waals surface area contributed by atoms with Gasteiger partial charge >= 0.3 is 0 Å². The van der Waals surface area contributed by atoms with Gasteiger partial charge in [0.1, 0.15) is 5.76 Å². The van der Waals surface area contributed by atoms with Crippen molar-refractivity contribution >= 4 is 45.8 Å². The molecule has 0 amide bonds. The molecule has 3 rings (SSSR count). The number of hydrogen-bond donors (Lipinski definition) is 1. The van der Waals surface area contributed by atoms with Crippen molar-refractivity contribution in [2.75, 3.05) is 0 Å². The van der Waals surface area contributed by atoms with Crippen molar-refractivity contribution in [1.29, 1.82) is 0 Å². The SMILES string of the molecule is CC(C)NCc1oc2c(Cl)cc(Cl)c(Cl)c2c1C1CC1. The smallest absolute Gasteiger partial charge is 0.154 e. The second-order valence-electron chi connectivity index (χ2n) is 5.61. The Hall–Kier alpha value is -0.410. The number of rotatable bonds is 4. The van der Waals surface area contributed by atoms with Gasteiger partial charge in [0.15, 0.2) is 5.58 Å². The molecule has 1 fully saturated rings. The minimum Gasteiger partial charge on any atom is -0.458 e. The molecule has 0 saturated heterocycles. The van der Waals surface area contributed by atoms with E-state index in [-0.39, 0.29) is 0 Å². The molecular formula is C15H16Cl3NO. The van der Waals surface area contributed by atoms with E-state index in [1.165, 1.54) is 18.4 Å². The summed E-state index contributed by atoms with van der Waals surface area (Å²) in [5, 5.41) is 5.83. The minimum atomic E-state index is 0.393. The van der Waals surface area contributed by atoms with Crippen LogP contribution in [0.4, 0.5) is 0 Å². The van der Waals surface area contributed by atoms with E-state index in [4.69, 9.17) is 39.2 Å². The summed E-state index contributed by atoms with van der Waals surface area (Å²) in [5.41, 5.74) is 1.84. The van der Waals surface area contributed by atoms with Crippen LogP contribution in [-0.2, 0) is 6.54 Å². The lowest BCUT2D eigenvalue weighted by molar-refractivity contribution is 0.483. The first-order valence-electron chi connectivity index (χ1n) is 6.81. The average molecular weight is 333 g/mol. The quantitative estimate of drug-likeness (QED) is 0.719. The molecule has 0 spiro atoms. The Morgan fingerprint density at radius 1 is 1.25 bits per heavy atom. The largest absolute Gasteiger partial charge is 0.458 e. The zero-order chi connectivity index (χ0) is 14.4. The van der Waals surface area contributed by atoms with E-state index in [9.17, 15) is 0 Å². The van der Waals surface area contributed by atoms with Crippen molar-refractivity contribution in [2.45, 2.75) is 45.2 Å². The minimum absolute atomic E-state index is 0.393. The Balaban J connectivity index is 2.17. The van der Waals surface area contributed by atoms with Crippen molar-refractivity contribution in [3.63, 3.8) is 0 Å². The summed E-state index contributed by atoms with van der Waals surface area (Å²) in [5.74, 6) is 1.45. The molecule has 1 N–H and O–H groups in total. The molecule has 1 saturated carbocycles. The first-order valence-corrected chi connectivity index (χ1v) is 7.94. The molecule has 0 radical (unpaired) electrons. The lowest BCUT2D eigenvalue weighted by atomic mass is 10.1. The van der Waals surface area contributed by atoms with Gasteiger partial charge < -0.3 is 9.73 Å². The number of hydrogen-bond acceptors (Lipinski definition) is 2. The third kappa shape index (κ3) is 2.55. The van der Waals surface area contributed by atoms with Crippen LogP contribution in [0.5, 0.6) is 0 Å². The Morgan fingerprint density at radius 3 is 2.55 bits per heavy atom. The summed E-state index contributed by atoms with van der Waals surface area (Å²) in [4.78, 5) is 0. The maximum absolute atomic E-state index is 6.38. The molecule has 0 bridgehead atoms. The molecule has 0 atom stereocenters. The van der Waals surface area contributed by atoms with Crippen molar-refractivity contribution < 1.29 is 4.42 Å². The highest BCUT2D eigenvalue weighted by Crippen LogP contribution is 2.50. The molecule has 0 unspecified atom stereocenters. The number of nitrogens with one attached hydrogen (secondary N) is 1. The third-order valence-electron chi connectivity index (χ3n) is 3.58. The predicted octanol–water partition coefficient (Wildman–Crippen LogP) is 5.77. The van der Waals surface area contributed by atoms with Gasteiger partial charge in [-0.15, -0.1) is 0 Å². The van der Waals surface area contributed by atoms with E-state index in [2.05, 4.69) is 19.2 Å². The molecule has 5 heteroatoms. The van der Waals surface area contributed by atoms with Gasteiger partial charge in [-0.05, 0) is 24.8 Å². The fourth-order valence-electron chi connectivity index (χ4n) is 2.47. The van der Waals surface area contributed by atoms with E-state index >= 15 is 0 Å². The summed E-state index contributed by atoms with van der Waals surface area (Å²) in [7, 11) is 0. The van der Waals surface area contributed by atoms with Gasteiger partial charge in [0.25, 0.3) is 0 Å². The average Bonchev–Trinajstić information content (AvgIpc) is 3.14. The van der Waals surface area contributed by atoms with E-state index in [0.29, 0.717) is 39.2 Å².